The molecule has 0 amide bonds. The van der Waals surface area contributed by atoms with Crippen LogP contribution in [0.25, 0.3) is 0 Å². The molecular weight excluding hydrogens is 248 g/mol. The van der Waals surface area contributed by atoms with Crippen molar-refractivity contribution in [2.24, 2.45) is 11.3 Å². The van der Waals surface area contributed by atoms with Crippen LogP contribution in [-0.2, 0) is 0 Å². The Hall–Kier alpha value is -1.06. The monoisotopic (exact) mass is 274 g/mol. The third-order valence-corrected chi connectivity index (χ3v) is 5.39. The van der Waals surface area contributed by atoms with Gasteiger partial charge in [0.15, 0.2) is 0 Å². The fraction of sp³-hybridized carbons (Fsp3) is 0.647. The number of para-hydroxylation sites is 1. The minimum absolute atomic E-state index is 0.363. The molecule has 2 unspecified atom stereocenters. The van der Waals surface area contributed by atoms with Crippen molar-refractivity contribution in [2.45, 2.75) is 57.4 Å². The van der Waals surface area contributed by atoms with Crippen molar-refractivity contribution in [2.75, 3.05) is 6.61 Å². The lowest BCUT2D eigenvalue weighted by Crippen LogP contribution is -2.47. The van der Waals surface area contributed by atoms with Gasteiger partial charge in [-0.05, 0) is 48.6 Å². The van der Waals surface area contributed by atoms with Crippen LogP contribution in [0.4, 0.5) is 0 Å². The zero-order chi connectivity index (χ0) is 14.0. The average Bonchev–Trinajstić information content (AvgIpc) is 2.92. The lowest BCUT2D eigenvalue weighted by molar-refractivity contribution is 0.184. The summed E-state index contributed by atoms with van der Waals surface area (Å²) in [6.07, 6.45) is 7.51. The lowest BCUT2D eigenvalue weighted by Gasteiger charge is -2.37. The molecule has 3 N–H and O–H groups in total. The Morgan fingerprint density at radius 3 is 2.85 bits per heavy atom. The molecule has 0 aromatic heterocycles. The van der Waals surface area contributed by atoms with Crippen LogP contribution in [0.5, 0.6) is 5.75 Å². The predicted molar refractivity (Wildman–Crippen MR) is 81.6 cm³/mol. The third-order valence-electron chi connectivity index (χ3n) is 5.39. The molecule has 3 nitrogen and oxygen atoms in total. The van der Waals surface area contributed by atoms with Crippen LogP contribution in [-0.4, -0.2) is 12.6 Å². The van der Waals surface area contributed by atoms with Crippen molar-refractivity contribution < 1.29 is 4.74 Å². The number of benzene rings is 1. The molecule has 0 spiro atoms. The van der Waals surface area contributed by atoms with Gasteiger partial charge in [-0.15, -0.1) is 0 Å². The maximum atomic E-state index is 5.89. The first-order valence-electron chi connectivity index (χ1n) is 7.91. The van der Waals surface area contributed by atoms with Gasteiger partial charge in [0.2, 0.25) is 0 Å². The Morgan fingerprint density at radius 2 is 2.10 bits per heavy atom. The van der Waals surface area contributed by atoms with Crippen molar-refractivity contribution in [3.8, 4) is 5.75 Å². The average molecular weight is 274 g/mol. The minimum atomic E-state index is 0.363. The number of rotatable bonds is 4. The van der Waals surface area contributed by atoms with Crippen LogP contribution in [0.2, 0.25) is 0 Å². The third kappa shape index (κ3) is 2.57. The molecule has 1 saturated carbocycles. The quantitative estimate of drug-likeness (QED) is 0.654. The van der Waals surface area contributed by atoms with E-state index in [2.05, 4.69) is 36.6 Å². The fourth-order valence-electron chi connectivity index (χ4n) is 4.03. The lowest BCUT2D eigenvalue weighted by atomic mass is 9.75. The molecule has 3 rings (SSSR count). The van der Waals surface area contributed by atoms with Crippen molar-refractivity contribution in [3.63, 3.8) is 0 Å². The van der Waals surface area contributed by atoms with Crippen LogP contribution in [0.15, 0.2) is 24.3 Å². The molecule has 2 aliphatic rings. The largest absolute Gasteiger partial charge is 0.493 e. The number of nitrogens with two attached hydrogens (primary N) is 1. The van der Waals surface area contributed by atoms with E-state index in [9.17, 15) is 0 Å². The van der Waals surface area contributed by atoms with Gasteiger partial charge in [-0.2, -0.15) is 0 Å². The van der Waals surface area contributed by atoms with Gasteiger partial charge < -0.3 is 4.74 Å². The van der Waals surface area contributed by atoms with E-state index in [1.807, 2.05) is 0 Å². The molecule has 0 bridgehead atoms. The highest BCUT2D eigenvalue weighted by molar-refractivity contribution is 5.37. The predicted octanol–water partition coefficient (Wildman–Crippen LogP) is 3.36. The molecule has 2 atom stereocenters. The maximum Gasteiger partial charge on any atom is 0.122 e. The van der Waals surface area contributed by atoms with Crippen molar-refractivity contribution >= 4 is 0 Å². The van der Waals surface area contributed by atoms with Crippen LogP contribution in [0.3, 0.4) is 0 Å². The first kappa shape index (κ1) is 13.9. The summed E-state index contributed by atoms with van der Waals surface area (Å²) in [6, 6.07) is 8.87. The summed E-state index contributed by atoms with van der Waals surface area (Å²) in [6.45, 7) is 3.23. The molecule has 110 valence electrons. The minimum Gasteiger partial charge on any atom is -0.493 e. The summed E-state index contributed by atoms with van der Waals surface area (Å²) in [5.41, 5.74) is 4.85. The first-order chi connectivity index (χ1) is 9.73. The molecule has 0 saturated heterocycles. The summed E-state index contributed by atoms with van der Waals surface area (Å²) < 4.78 is 5.77. The number of ether oxygens (including phenoxy) is 1. The summed E-state index contributed by atoms with van der Waals surface area (Å²) in [5.74, 6) is 7.53. The van der Waals surface area contributed by atoms with Gasteiger partial charge in [-0.1, -0.05) is 38.0 Å². The van der Waals surface area contributed by atoms with Crippen molar-refractivity contribution in [1.29, 1.82) is 0 Å². The van der Waals surface area contributed by atoms with E-state index in [0.29, 0.717) is 17.4 Å². The van der Waals surface area contributed by atoms with Gasteiger partial charge in [0.1, 0.15) is 5.75 Å². The Bertz CT molecular complexity index is 454. The smallest absolute Gasteiger partial charge is 0.122 e. The Balaban J connectivity index is 1.77. The van der Waals surface area contributed by atoms with Gasteiger partial charge >= 0.3 is 0 Å². The van der Waals surface area contributed by atoms with Crippen LogP contribution >= 0.6 is 0 Å². The molecule has 1 aromatic rings. The summed E-state index contributed by atoms with van der Waals surface area (Å²) >= 11 is 0. The number of hydrogen-bond acceptors (Lipinski definition) is 3. The normalized spacial score (nSPS) is 25.8. The van der Waals surface area contributed by atoms with Crippen LogP contribution < -0.4 is 16.0 Å². The Labute approximate surface area is 121 Å². The van der Waals surface area contributed by atoms with E-state index in [4.69, 9.17) is 10.6 Å². The van der Waals surface area contributed by atoms with Crippen LogP contribution in [0.1, 0.15) is 56.9 Å². The Kier molecular flexibility index (Phi) is 3.99. The first-order valence-corrected chi connectivity index (χ1v) is 7.91. The zero-order valence-electron chi connectivity index (χ0n) is 12.4. The van der Waals surface area contributed by atoms with E-state index in [0.717, 1.165) is 25.2 Å². The molecule has 1 aliphatic carbocycles. The van der Waals surface area contributed by atoms with E-state index in [1.165, 1.54) is 31.2 Å². The standard InChI is InChI=1S/C17H26N2O/c1-17(9-4-5-10-17)16(19-18)12-13-8-11-20-15-7-3-2-6-14(13)15/h2-3,6-7,13,16,19H,4-5,8-12,18H2,1H3. The second kappa shape index (κ2) is 5.74. The second-order valence-corrected chi connectivity index (χ2v) is 6.69. The van der Waals surface area contributed by atoms with Crippen molar-refractivity contribution in [1.82, 2.24) is 5.43 Å². The topological polar surface area (TPSA) is 47.3 Å². The Morgan fingerprint density at radius 1 is 1.35 bits per heavy atom. The van der Waals surface area contributed by atoms with Gasteiger partial charge in [0.25, 0.3) is 0 Å². The molecular formula is C17H26N2O. The molecule has 1 fully saturated rings. The molecule has 1 aromatic carbocycles. The maximum absolute atomic E-state index is 5.89. The van der Waals surface area contributed by atoms with E-state index in [1.54, 1.807) is 0 Å². The highest BCUT2D eigenvalue weighted by Crippen LogP contribution is 2.45. The molecule has 3 heteroatoms. The van der Waals surface area contributed by atoms with Crippen molar-refractivity contribution in [3.05, 3.63) is 29.8 Å². The van der Waals surface area contributed by atoms with Gasteiger partial charge in [-0.3, -0.25) is 11.3 Å². The highest BCUT2D eigenvalue weighted by atomic mass is 16.5. The van der Waals surface area contributed by atoms with Gasteiger partial charge in [0.05, 0.1) is 6.61 Å². The molecule has 1 heterocycles. The summed E-state index contributed by atoms with van der Waals surface area (Å²) in [7, 11) is 0. The van der Waals surface area contributed by atoms with E-state index < -0.39 is 0 Å². The van der Waals surface area contributed by atoms with E-state index in [-0.39, 0.29) is 0 Å². The SMILES string of the molecule is CC1(C(CC2CCOc3ccccc32)NN)CCCC1. The molecule has 1 aliphatic heterocycles. The zero-order valence-corrected chi connectivity index (χ0v) is 12.4. The molecule has 0 radical (unpaired) electrons. The second-order valence-electron chi connectivity index (χ2n) is 6.69. The van der Waals surface area contributed by atoms with Gasteiger partial charge in [-0.25, -0.2) is 0 Å². The highest BCUT2D eigenvalue weighted by Gasteiger charge is 2.38. The number of nitrogens with one attached hydrogen (secondary N) is 1. The molecule has 20 heavy (non-hydrogen) atoms. The van der Waals surface area contributed by atoms with Gasteiger partial charge in [0, 0.05) is 6.04 Å². The van der Waals surface area contributed by atoms with E-state index >= 15 is 0 Å². The number of hydrogen-bond donors (Lipinski definition) is 2. The summed E-state index contributed by atoms with van der Waals surface area (Å²) in [4.78, 5) is 0. The fourth-order valence-corrected chi connectivity index (χ4v) is 4.03. The summed E-state index contributed by atoms with van der Waals surface area (Å²) in [5, 5.41) is 0. The number of hydrazine groups is 1. The van der Waals surface area contributed by atoms with Crippen LogP contribution in [0, 0.1) is 5.41 Å². The number of fused-ring (bicyclic) bond motifs is 1.